The molecule has 1 N–H and O–H groups in total. The van der Waals surface area contributed by atoms with Crippen LogP contribution in [0, 0.1) is 5.92 Å². The van der Waals surface area contributed by atoms with E-state index in [1.165, 1.54) is 6.42 Å². The van der Waals surface area contributed by atoms with Gasteiger partial charge in [0.2, 0.25) is 0 Å². The van der Waals surface area contributed by atoms with Crippen molar-refractivity contribution in [2.75, 3.05) is 13.2 Å². The second kappa shape index (κ2) is 4.47. The smallest absolute Gasteiger partial charge is 0.119 e. The second-order valence-corrected chi connectivity index (χ2v) is 4.07. The summed E-state index contributed by atoms with van der Waals surface area (Å²) >= 11 is 0. The molecule has 0 spiro atoms. The number of para-hydroxylation sites is 1. The molecule has 1 aliphatic heterocycles. The maximum Gasteiger partial charge on any atom is 0.119 e. The molecule has 1 fully saturated rings. The number of hydrogen-bond acceptors (Lipinski definition) is 2. The lowest BCUT2D eigenvalue weighted by Crippen LogP contribution is -2.28. The van der Waals surface area contributed by atoms with Crippen LogP contribution in [-0.2, 0) is 0 Å². The maximum absolute atomic E-state index is 5.68. The Morgan fingerprint density at radius 1 is 1.36 bits per heavy atom. The summed E-state index contributed by atoms with van der Waals surface area (Å²) in [6, 6.07) is 10.5. The highest BCUT2D eigenvalue weighted by Crippen LogP contribution is 2.15. The van der Waals surface area contributed by atoms with Crippen molar-refractivity contribution in [1.29, 1.82) is 0 Å². The Bertz CT molecular complexity index is 273. The summed E-state index contributed by atoms with van der Waals surface area (Å²) in [5.74, 6) is 1.76. The van der Waals surface area contributed by atoms with Crippen molar-refractivity contribution in [1.82, 2.24) is 5.32 Å². The summed E-state index contributed by atoms with van der Waals surface area (Å²) in [6.07, 6.45) is 1.23. The maximum atomic E-state index is 5.68. The normalized spacial score (nSPS) is 26.4. The molecule has 1 aliphatic rings. The fraction of sp³-hybridized carbons (Fsp3) is 0.500. The van der Waals surface area contributed by atoms with E-state index in [0.717, 1.165) is 24.8 Å². The average Bonchev–Trinajstić information content (AvgIpc) is 2.63. The SMILES string of the molecule is C[C@H]1CN[C@@H](COc2ccccc2)C1. The lowest BCUT2D eigenvalue weighted by atomic mass is 10.1. The van der Waals surface area contributed by atoms with Crippen molar-refractivity contribution in [3.8, 4) is 5.75 Å². The van der Waals surface area contributed by atoms with Gasteiger partial charge in [-0.05, 0) is 31.0 Å². The number of nitrogens with one attached hydrogen (secondary N) is 1. The predicted octanol–water partition coefficient (Wildman–Crippen LogP) is 2.06. The molecule has 0 radical (unpaired) electrons. The second-order valence-electron chi connectivity index (χ2n) is 4.07. The third-order valence-corrected chi connectivity index (χ3v) is 2.64. The number of benzene rings is 1. The van der Waals surface area contributed by atoms with E-state index in [4.69, 9.17) is 4.74 Å². The molecular formula is C12H17NO. The van der Waals surface area contributed by atoms with Crippen molar-refractivity contribution in [3.63, 3.8) is 0 Å². The fourth-order valence-electron chi connectivity index (χ4n) is 1.86. The van der Waals surface area contributed by atoms with Gasteiger partial charge in [-0.1, -0.05) is 25.1 Å². The highest BCUT2D eigenvalue weighted by atomic mass is 16.5. The van der Waals surface area contributed by atoms with Gasteiger partial charge < -0.3 is 10.1 Å². The van der Waals surface area contributed by atoms with Gasteiger partial charge in [-0.25, -0.2) is 0 Å². The van der Waals surface area contributed by atoms with Crippen LogP contribution >= 0.6 is 0 Å². The van der Waals surface area contributed by atoms with Crippen molar-refractivity contribution >= 4 is 0 Å². The molecule has 0 unspecified atom stereocenters. The van der Waals surface area contributed by atoms with E-state index < -0.39 is 0 Å². The number of hydrogen-bond donors (Lipinski definition) is 1. The molecule has 1 aromatic carbocycles. The van der Waals surface area contributed by atoms with Crippen LogP contribution in [0.5, 0.6) is 5.75 Å². The standard InChI is InChI=1S/C12H17NO/c1-10-7-11(13-8-10)9-14-12-5-3-2-4-6-12/h2-6,10-11,13H,7-9H2,1H3/t10-,11-/m1/s1. The number of rotatable bonds is 3. The minimum absolute atomic E-state index is 0.533. The van der Waals surface area contributed by atoms with Gasteiger partial charge in [0.25, 0.3) is 0 Å². The molecule has 1 saturated heterocycles. The van der Waals surface area contributed by atoms with Crippen LogP contribution in [0.1, 0.15) is 13.3 Å². The predicted molar refractivity (Wildman–Crippen MR) is 57.5 cm³/mol. The Labute approximate surface area is 85.3 Å². The van der Waals surface area contributed by atoms with Crippen LogP contribution in [0.4, 0.5) is 0 Å². The largest absolute Gasteiger partial charge is 0.492 e. The van der Waals surface area contributed by atoms with Gasteiger partial charge in [0.1, 0.15) is 12.4 Å². The molecule has 76 valence electrons. The zero-order valence-corrected chi connectivity index (χ0v) is 8.57. The van der Waals surface area contributed by atoms with Crippen LogP contribution in [-0.4, -0.2) is 19.2 Å². The van der Waals surface area contributed by atoms with Gasteiger partial charge in [-0.2, -0.15) is 0 Å². The summed E-state index contributed by atoms with van der Waals surface area (Å²) < 4.78 is 5.68. The first-order valence-corrected chi connectivity index (χ1v) is 5.26. The van der Waals surface area contributed by atoms with Gasteiger partial charge in [-0.15, -0.1) is 0 Å². The van der Waals surface area contributed by atoms with E-state index >= 15 is 0 Å². The van der Waals surface area contributed by atoms with E-state index in [9.17, 15) is 0 Å². The van der Waals surface area contributed by atoms with Crippen molar-refractivity contribution in [2.24, 2.45) is 5.92 Å². The first-order chi connectivity index (χ1) is 6.84. The molecular weight excluding hydrogens is 174 g/mol. The Kier molecular flexibility index (Phi) is 3.04. The highest BCUT2D eigenvalue weighted by Gasteiger charge is 2.20. The Morgan fingerprint density at radius 2 is 2.14 bits per heavy atom. The Balaban J connectivity index is 1.78. The summed E-state index contributed by atoms with van der Waals surface area (Å²) in [5.41, 5.74) is 0. The Morgan fingerprint density at radius 3 is 2.79 bits per heavy atom. The van der Waals surface area contributed by atoms with Crippen LogP contribution in [0.25, 0.3) is 0 Å². The molecule has 2 atom stereocenters. The first kappa shape index (κ1) is 9.53. The lowest BCUT2D eigenvalue weighted by Gasteiger charge is -2.11. The van der Waals surface area contributed by atoms with Gasteiger partial charge in [0.15, 0.2) is 0 Å². The first-order valence-electron chi connectivity index (χ1n) is 5.26. The van der Waals surface area contributed by atoms with E-state index in [-0.39, 0.29) is 0 Å². The summed E-state index contributed by atoms with van der Waals surface area (Å²) in [5, 5.41) is 3.45. The molecule has 0 saturated carbocycles. The van der Waals surface area contributed by atoms with Crippen LogP contribution in [0.3, 0.4) is 0 Å². The summed E-state index contributed by atoms with van der Waals surface area (Å²) in [7, 11) is 0. The minimum Gasteiger partial charge on any atom is -0.492 e. The third kappa shape index (κ3) is 2.48. The lowest BCUT2D eigenvalue weighted by molar-refractivity contribution is 0.275. The minimum atomic E-state index is 0.533. The van der Waals surface area contributed by atoms with Crippen molar-refractivity contribution in [2.45, 2.75) is 19.4 Å². The topological polar surface area (TPSA) is 21.3 Å². The molecule has 0 bridgehead atoms. The summed E-state index contributed by atoms with van der Waals surface area (Å²) in [6.45, 7) is 4.19. The van der Waals surface area contributed by atoms with Crippen molar-refractivity contribution < 1.29 is 4.74 Å². The van der Waals surface area contributed by atoms with Crippen LogP contribution in [0.15, 0.2) is 30.3 Å². The molecule has 14 heavy (non-hydrogen) atoms. The molecule has 0 aliphatic carbocycles. The molecule has 2 rings (SSSR count). The van der Waals surface area contributed by atoms with Crippen LogP contribution in [0.2, 0.25) is 0 Å². The quantitative estimate of drug-likeness (QED) is 0.789. The van der Waals surface area contributed by atoms with Gasteiger partial charge in [-0.3, -0.25) is 0 Å². The van der Waals surface area contributed by atoms with Gasteiger partial charge >= 0.3 is 0 Å². The zero-order valence-electron chi connectivity index (χ0n) is 8.57. The molecule has 1 heterocycles. The van der Waals surface area contributed by atoms with Gasteiger partial charge in [0, 0.05) is 6.04 Å². The molecule has 0 aromatic heterocycles. The zero-order chi connectivity index (χ0) is 9.80. The third-order valence-electron chi connectivity index (χ3n) is 2.64. The van der Waals surface area contributed by atoms with E-state index in [2.05, 4.69) is 12.2 Å². The molecule has 1 aromatic rings. The van der Waals surface area contributed by atoms with Crippen LogP contribution < -0.4 is 10.1 Å². The Hall–Kier alpha value is -1.02. The van der Waals surface area contributed by atoms with E-state index in [1.54, 1.807) is 0 Å². The summed E-state index contributed by atoms with van der Waals surface area (Å²) in [4.78, 5) is 0. The molecule has 0 amide bonds. The van der Waals surface area contributed by atoms with E-state index in [0.29, 0.717) is 6.04 Å². The highest BCUT2D eigenvalue weighted by molar-refractivity contribution is 5.20. The monoisotopic (exact) mass is 191 g/mol. The van der Waals surface area contributed by atoms with Crippen molar-refractivity contribution in [3.05, 3.63) is 30.3 Å². The fourth-order valence-corrected chi connectivity index (χ4v) is 1.86. The average molecular weight is 191 g/mol. The molecule has 2 nitrogen and oxygen atoms in total. The van der Waals surface area contributed by atoms with Gasteiger partial charge in [0.05, 0.1) is 0 Å². The van der Waals surface area contributed by atoms with E-state index in [1.807, 2.05) is 30.3 Å². The number of ether oxygens (including phenoxy) is 1. The molecule has 2 heteroatoms.